The number of nitrogens with two attached hydrogens (primary N) is 1. The Labute approximate surface area is 65.7 Å². The topological polar surface area (TPSA) is 46.2 Å². The second-order valence-corrected chi connectivity index (χ2v) is 3.21. The van der Waals surface area contributed by atoms with Crippen LogP contribution in [-0.4, -0.2) is 5.11 Å². The molecule has 0 atom stereocenters. The zero-order chi connectivity index (χ0) is 7.90. The number of benzene rings is 1. The van der Waals surface area contributed by atoms with E-state index in [1.807, 2.05) is 12.1 Å². The fourth-order valence-corrected chi connectivity index (χ4v) is 1.24. The zero-order valence-corrected chi connectivity index (χ0v) is 6.25. The van der Waals surface area contributed by atoms with E-state index in [2.05, 4.69) is 0 Å². The number of phenols is 1. The van der Waals surface area contributed by atoms with E-state index < -0.39 is 0 Å². The molecule has 1 aliphatic rings. The van der Waals surface area contributed by atoms with Crippen LogP contribution in [-0.2, 0) is 5.54 Å². The van der Waals surface area contributed by atoms with Gasteiger partial charge in [0.25, 0.3) is 0 Å². The van der Waals surface area contributed by atoms with E-state index in [0.717, 1.165) is 18.4 Å². The molecule has 0 saturated heterocycles. The molecular formula is C9H11NO. The quantitative estimate of drug-likeness (QED) is 0.633. The molecule has 1 aliphatic carbocycles. The molecule has 58 valence electrons. The second-order valence-electron chi connectivity index (χ2n) is 3.21. The molecule has 1 aromatic rings. The molecule has 0 unspecified atom stereocenters. The summed E-state index contributed by atoms with van der Waals surface area (Å²) >= 11 is 0. The molecule has 0 aliphatic heterocycles. The third-order valence-corrected chi connectivity index (χ3v) is 2.21. The first-order valence-corrected chi connectivity index (χ1v) is 3.79. The van der Waals surface area contributed by atoms with Crippen molar-refractivity contribution in [2.45, 2.75) is 18.4 Å². The Balaban J connectivity index is 2.38. The van der Waals surface area contributed by atoms with Crippen LogP contribution in [0, 0.1) is 0 Å². The van der Waals surface area contributed by atoms with Crippen molar-refractivity contribution >= 4 is 0 Å². The first-order valence-electron chi connectivity index (χ1n) is 3.79. The summed E-state index contributed by atoms with van der Waals surface area (Å²) < 4.78 is 0. The highest BCUT2D eigenvalue weighted by atomic mass is 16.3. The lowest BCUT2D eigenvalue weighted by Crippen LogP contribution is -2.18. The second kappa shape index (κ2) is 1.98. The van der Waals surface area contributed by atoms with E-state index >= 15 is 0 Å². The van der Waals surface area contributed by atoms with Crippen molar-refractivity contribution in [2.75, 3.05) is 0 Å². The van der Waals surface area contributed by atoms with Crippen LogP contribution < -0.4 is 5.73 Å². The van der Waals surface area contributed by atoms with Gasteiger partial charge in [0.2, 0.25) is 0 Å². The molecule has 0 aromatic heterocycles. The maximum absolute atomic E-state index is 9.15. The van der Waals surface area contributed by atoms with Crippen LogP contribution in [0.15, 0.2) is 24.3 Å². The predicted molar refractivity (Wildman–Crippen MR) is 43.2 cm³/mol. The van der Waals surface area contributed by atoms with Gasteiger partial charge >= 0.3 is 0 Å². The molecule has 2 heteroatoms. The fraction of sp³-hybridized carbons (Fsp3) is 0.333. The zero-order valence-electron chi connectivity index (χ0n) is 6.25. The van der Waals surface area contributed by atoms with Gasteiger partial charge in [-0.25, -0.2) is 0 Å². The summed E-state index contributed by atoms with van der Waals surface area (Å²) in [4.78, 5) is 0. The van der Waals surface area contributed by atoms with Crippen LogP contribution in [0.5, 0.6) is 5.75 Å². The Bertz CT molecular complexity index is 279. The van der Waals surface area contributed by atoms with Gasteiger partial charge in [0.15, 0.2) is 0 Å². The van der Waals surface area contributed by atoms with Gasteiger partial charge in [0, 0.05) is 5.54 Å². The lowest BCUT2D eigenvalue weighted by Gasteiger charge is -2.07. The van der Waals surface area contributed by atoms with E-state index in [4.69, 9.17) is 10.8 Å². The SMILES string of the molecule is NC1(c2cccc(O)c2)CC1. The van der Waals surface area contributed by atoms with E-state index in [-0.39, 0.29) is 5.54 Å². The van der Waals surface area contributed by atoms with Crippen molar-refractivity contribution in [1.29, 1.82) is 0 Å². The van der Waals surface area contributed by atoms with Crippen molar-refractivity contribution in [3.63, 3.8) is 0 Å². The standard InChI is InChI=1S/C9H11NO/c10-9(4-5-9)7-2-1-3-8(11)6-7/h1-3,6,11H,4-5,10H2. The first-order chi connectivity index (χ1) is 5.21. The normalized spacial score (nSPS) is 19.7. The smallest absolute Gasteiger partial charge is 0.115 e. The summed E-state index contributed by atoms with van der Waals surface area (Å²) in [5.41, 5.74) is 6.85. The van der Waals surface area contributed by atoms with Gasteiger partial charge in [-0.1, -0.05) is 12.1 Å². The minimum absolute atomic E-state index is 0.126. The molecule has 0 radical (unpaired) electrons. The Kier molecular flexibility index (Phi) is 1.20. The van der Waals surface area contributed by atoms with Crippen molar-refractivity contribution in [3.8, 4) is 5.75 Å². The van der Waals surface area contributed by atoms with Gasteiger partial charge < -0.3 is 10.8 Å². The fourth-order valence-electron chi connectivity index (χ4n) is 1.24. The number of phenolic OH excluding ortho intramolecular Hbond substituents is 1. The van der Waals surface area contributed by atoms with Crippen LogP contribution in [0.3, 0.4) is 0 Å². The minimum Gasteiger partial charge on any atom is -0.508 e. The van der Waals surface area contributed by atoms with Gasteiger partial charge in [-0.3, -0.25) is 0 Å². The van der Waals surface area contributed by atoms with E-state index in [0.29, 0.717) is 5.75 Å². The molecule has 3 N–H and O–H groups in total. The maximum atomic E-state index is 9.15. The molecule has 1 fully saturated rings. The minimum atomic E-state index is -0.126. The molecule has 0 amide bonds. The molecule has 0 spiro atoms. The molecule has 1 saturated carbocycles. The summed E-state index contributed by atoms with van der Waals surface area (Å²) in [6, 6.07) is 7.20. The van der Waals surface area contributed by atoms with Crippen LogP contribution in [0.2, 0.25) is 0 Å². The van der Waals surface area contributed by atoms with E-state index in [1.165, 1.54) is 0 Å². The van der Waals surface area contributed by atoms with E-state index in [9.17, 15) is 0 Å². The summed E-state index contributed by atoms with van der Waals surface area (Å²) in [7, 11) is 0. The Hall–Kier alpha value is -1.02. The predicted octanol–water partition coefficient (Wildman–Crippen LogP) is 1.34. The Morgan fingerprint density at radius 1 is 1.36 bits per heavy atom. The lowest BCUT2D eigenvalue weighted by molar-refractivity contribution is 0.473. The number of hydrogen-bond donors (Lipinski definition) is 2. The average molecular weight is 149 g/mol. The number of rotatable bonds is 1. The van der Waals surface area contributed by atoms with Crippen molar-refractivity contribution < 1.29 is 5.11 Å². The summed E-state index contributed by atoms with van der Waals surface area (Å²) in [5.74, 6) is 0.305. The van der Waals surface area contributed by atoms with Gasteiger partial charge in [-0.05, 0) is 30.5 Å². The van der Waals surface area contributed by atoms with Crippen LogP contribution in [0.1, 0.15) is 18.4 Å². The third-order valence-electron chi connectivity index (χ3n) is 2.21. The Morgan fingerprint density at radius 2 is 2.09 bits per heavy atom. The lowest BCUT2D eigenvalue weighted by atomic mass is 10.1. The highest BCUT2D eigenvalue weighted by Crippen LogP contribution is 2.43. The first kappa shape index (κ1) is 6.68. The van der Waals surface area contributed by atoms with E-state index in [1.54, 1.807) is 12.1 Å². The van der Waals surface area contributed by atoms with Crippen LogP contribution in [0.25, 0.3) is 0 Å². The summed E-state index contributed by atoms with van der Waals surface area (Å²) in [6.45, 7) is 0. The Morgan fingerprint density at radius 3 is 2.64 bits per heavy atom. The average Bonchev–Trinajstić information content (AvgIpc) is 2.70. The number of hydrogen-bond acceptors (Lipinski definition) is 2. The van der Waals surface area contributed by atoms with Gasteiger partial charge in [0.1, 0.15) is 5.75 Å². The maximum Gasteiger partial charge on any atom is 0.115 e. The monoisotopic (exact) mass is 149 g/mol. The molecule has 11 heavy (non-hydrogen) atoms. The molecule has 2 nitrogen and oxygen atoms in total. The highest BCUT2D eigenvalue weighted by molar-refractivity contribution is 5.35. The summed E-state index contributed by atoms with van der Waals surface area (Å²) in [6.07, 6.45) is 2.08. The number of aromatic hydroxyl groups is 1. The largest absolute Gasteiger partial charge is 0.508 e. The molecule has 0 bridgehead atoms. The van der Waals surface area contributed by atoms with Crippen LogP contribution in [0.4, 0.5) is 0 Å². The summed E-state index contributed by atoms with van der Waals surface area (Å²) in [5, 5.41) is 9.15. The van der Waals surface area contributed by atoms with Crippen molar-refractivity contribution in [3.05, 3.63) is 29.8 Å². The van der Waals surface area contributed by atoms with Gasteiger partial charge in [-0.15, -0.1) is 0 Å². The molecule has 2 rings (SSSR count). The molecule has 1 aromatic carbocycles. The van der Waals surface area contributed by atoms with Gasteiger partial charge in [0.05, 0.1) is 0 Å². The molecular weight excluding hydrogens is 138 g/mol. The van der Waals surface area contributed by atoms with Crippen molar-refractivity contribution in [2.24, 2.45) is 5.73 Å². The highest BCUT2D eigenvalue weighted by Gasteiger charge is 2.39. The molecule has 0 heterocycles. The van der Waals surface area contributed by atoms with Crippen LogP contribution >= 0.6 is 0 Å². The third kappa shape index (κ3) is 1.10. The van der Waals surface area contributed by atoms with Gasteiger partial charge in [-0.2, -0.15) is 0 Å². The van der Waals surface area contributed by atoms with Crippen molar-refractivity contribution in [1.82, 2.24) is 0 Å².